The van der Waals surface area contributed by atoms with Crippen LogP contribution in [-0.2, 0) is 10.0 Å². The first kappa shape index (κ1) is 12.7. The zero-order valence-corrected chi connectivity index (χ0v) is 10.8. The second kappa shape index (κ2) is 5.28. The Morgan fingerprint density at radius 1 is 1.39 bits per heavy atom. The summed E-state index contributed by atoms with van der Waals surface area (Å²) >= 11 is 0. The molecule has 2 rings (SSSR count). The topological polar surface area (TPSA) is 76.9 Å². The Kier molecular flexibility index (Phi) is 3.73. The van der Waals surface area contributed by atoms with E-state index in [1.54, 1.807) is 18.3 Å². The molecule has 0 atom stereocenters. The fourth-order valence-corrected chi connectivity index (χ4v) is 2.44. The normalized spacial score (nSPS) is 11.6. The number of pyridine rings is 1. The second-order valence-electron chi connectivity index (χ2n) is 3.71. The Bertz CT molecular complexity index is 607. The van der Waals surface area contributed by atoms with Gasteiger partial charge in [0.2, 0.25) is 10.0 Å². The summed E-state index contributed by atoms with van der Waals surface area (Å²) in [5.74, 6) is 0.578. The quantitative estimate of drug-likeness (QED) is 0.874. The van der Waals surface area contributed by atoms with Crippen LogP contribution in [0.5, 0.6) is 0 Å². The molecule has 0 spiro atoms. The lowest BCUT2D eigenvalue weighted by molar-refractivity contribution is 0.581. The summed E-state index contributed by atoms with van der Waals surface area (Å²) in [7, 11) is -3.47. The van der Waals surface area contributed by atoms with Gasteiger partial charge in [-0.3, -0.25) is 0 Å². The van der Waals surface area contributed by atoms with Crippen molar-refractivity contribution in [3.63, 3.8) is 0 Å². The molecule has 0 aliphatic rings. The highest BCUT2D eigenvalue weighted by molar-refractivity contribution is 7.89. The molecule has 0 unspecified atom stereocenters. The number of sulfonamides is 1. The molecule has 2 aromatic heterocycles. The van der Waals surface area contributed by atoms with Gasteiger partial charge < -0.3 is 0 Å². The van der Waals surface area contributed by atoms with Gasteiger partial charge in [-0.1, -0.05) is 13.0 Å². The van der Waals surface area contributed by atoms with Crippen molar-refractivity contribution in [1.82, 2.24) is 19.5 Å². The summed E-state index contributed by atoms with van der Waals surface area (Å²) in [6.45, 7) is 2.32. The van der Waals surface area contributed by atoms with Crippen molar-refractivity contribution in [2.24, 2.45) is 0 Å². The van der Waals surface area contributed by atoms with Crippen LogP contribution < -0.4 is 4.72 Å². The van der Waals surface area contributed by atoms with Gasteiger partial charge in [0, 0.05) is 12.7 Å². The highest BCUT2D eigenvalue weighted by Crippen LogP contribution is 2.10. The number of hydrogen-bond donors (Lipinski definition) is 1. The van der Waals surface area contributed by atoms with E-state index in [9.17, 15) is 8.42 Å². The molecule has 0 amide bonds. The van der Waals surface area contributed by atoms with Crippen molar-refractivity contribution in [2.75, 3.05) is 6.54 Å². The molecular weight excluding hydrogens is 252 g/mol. The van der Waals surface area contributed by atoms with Crippen molar-refractivity contribution in [1.29, 1.82) is 0 Å². The highest BCUT2D eigenvalue weighted by Gasteiger charge is 2.15. The molecule has 2 aromatic rings. The molecule has 1 N–H and O–H groups in total. The molecule has 0 saturated carbocycles. The minimum Gasteiger partial charge on any atom is -0.237 e. The first-order valence-corrected chi connectivity index (χ1v) is 7.07. The van der Waals surface area contributed by atoms with Gasteiger partial charge in [0.05, 0.1) is 12.4 Å². The predicted octanol–water partition coefficient (Wildman–Crippen LogP) is 0.956. The molecule has 2 heterocycles. The molecule has 0 fully saturated rings. The van der Waals surface area contributed by atoms with Gasteiger partial charge in [0.15, 0.2) is 5.82 Å². The Labute approximate surface area is 106 Å². The van der Waals surface area contributed by atoms with Gasteiger partial charge in [0.25, 0.3) is 0 Å². The van der Waals surface area contributed by atoms with E-state index in [0.717, 1.165) is 6.42 Å². The lowest BCUT2D eigenvalue weighted by atomic mass is 10.5. The number of nitrogens with zero attached hydrogens (tertiary/aromatic N) is 3. The molecule has 0 saturated heterocycles. The number of nitrogens with one attached hydrogen (secondary N) is 1. The van der Waals surface area contributed by atoms with E-state index >= 15 is 0 Å². The van der Waals surface area contributed by atoms with E-state index < -0.39 is 10.0 Å². The summed E-state index contributed by atoms with van der Waals surface area (Å²) < 4.78 is 27.6. The van der Waals surface area contributed by atoms with Crippen LogP contribution in [-0.4, -0.2) is 29.7 Å². The number of hydrogen-bond acceptors (Lipinski definition) is 4. The molecule has 0 aliphatic carbocycles. The minimum atomic E-state index is -3.47. The molecule has 6 nitrogen and oxygen atoms in total. The molecule has 0 aromatic carbocycles. The maximum Gasteiger partial charge on any atom is 0.243 e. The molecule has 0 radical (unpaired) electrons. The standard InChI is InChI=1S/C11H14N4O2S/c1-2-6-14-18(16,17)10-8-13-15(9-10)11-5-3-4-7-12-11/h3-5,7-9,14H,2,6H2,1H3. The molecule has 0 aliphatic heterocycles. The zero-order chi connectivity index (χ0) is 13.0. The summed E-state index contributed by atoms with van der Waals surface area (Å²) in [6, 6.07) is 5.35. The van der Waals surface area contributed by atoms with E-state index in [1.165, 1.54) is 17.1 Å². The predicted molar refractivity (Wildman–Crippen MR) is 66.8 cm³/mol. The second-order valence-corrected chi connectivity index (χ2v) is 5.47. The van der Waals surface area contributed by atoms with Crippen LogP contribution >= 0.6 is 0 Å². The van der Waals surface area contributed by atoms with E-state index in [2.05, 4.69) is 14.8 Å². The number of rotatable bonds is 5. The third-order valence-corrected chi connectivity index (χ3v) is 3.71. The zero-order valence-electron chi connectivity index (χ0n) is 9.94. The fourth-order valence-electron chi connectivity index (χ4n) is 1.38. The maximum atomic E-state index is 11.9. The van der Waals surface area contributed by atoms with Gasteiger partial charge >= 0.3 is 0 Å². The summed E-state index contributed by atoms with van der Waals surface area (Å²) in [6.07, 6.45) is 5.13. The van der Waals surface area contributed by atoms with Crippen molar-refractivity contribution in [2.45, 2.75) is 18.2 Å². The maximum absolute atomic E-state index is 11.9. The lowest BCUT2D eigenvalue weighted by Gasteiger charge is -2.01. The first-order chi connectivity index (χ1) is 8.63. The summed E-state index contributed by atoms with van der Waals surface area (Å²) in [5.41, 5.74) is 0. The van der Waals surface area contributed by atoms with Crippen molar-refractivity contribution in [3.8, 4) is 5.82 Å². The number of aromatic nitrogens is 3. The van der Waals surface area contributed by atoms with E-state index in [-0.39, 0.29) is 4.90 Å². The first-order valence-electron chi connectivity index (χ1n) is 5.59. The van der Waals surface area contributed by atoms with Crippen molar-refractivity contribution in [3.05, 3.63) is 36.8 Å². The van der Waals surface area contributed by atoms with Crippen molar-refractivity contribution < 1.29 is 8.42 Å². The van der Waals surface area contributed by atoms with Gasteiger partial charge in [-0.15, -0.1) is 0 Å². The van der Waals surface area contributed by atoms with Gasteiger partial charge in [0.1, 0.15) is 4.90 Å². The molecule has 18 heavy (non-hydrogen) atoms. The van der Waals surface area contributed by atoms with Crippen LogP contribution in [0, 0.1) is 0 Å². The summed E-state index contributed by atoms with van der Waals surface area (Å²) in [4.78, 5) is 4.23. The Hall–Kier alpha value is -1.73. The smallest absolute Gasteiger partial charge is 0.237 e. The van der Waals surface area contributed by atoms with Gasteiger partial charge in [-0.2, -0.15) is 5.10 Å². The average molecular weight is 266 g/mol. The molecule has 0 bridgehead atoms. The minimum absolute atomic E-state index is 0.140. The SMILES string of the molecule is CCCNS(=O)(=O)c1cnn(-c2ccccn2)c1. The molecule has 7 heteroatoms. The Morgan fingerprint density at radius 2 is 2.22 bits per heavy atom. The van der Waals surface area contributed by atoms with E-state index in [0.29, 0.717) is 12.4 Å². The summed E-state index contributed by atoms with van der Waals surface area (Å²) in [5, 5.41) is 4.00. The van der Waals surface area contributed by atoms with Crippen LogP contribution in [0.25, 0.3) is 5.82 Å². The van der Waals surface area contributed by atoms with Crippen LogP contribution in [0.1, 0.15) is 13.3 Å². The van der Waals surface area contributed by atoms with Gasteiger partial charge in [-0.25, -0.2) is 22.8 Å². The molecular formula is C11H14N4O2S. The van der Waals surface area contributed by atoms with E-state index in [1.807, 2.05) is 13.0 Å². The third kappa shape index (κ3) is 2.74. The van der Waals surface area contributed by atoms with Crippen LogP contribution in [0.15, 0.2) is 41.7 Å². The Morgan fingerprint density at radius 3 is 2.89 bits per heavy atom. The van der Waals surface area contributed by atoms with Gasteiger partial charge in [-0.05, 0) is 18.6 Å². The van der Waals surface area contributed by atoms with E-state index in [4.69, 9.17) is 0 Å². The monoisotopic (exact) mass is 266 g/mol. The van der Waals surface area contributed by atoms with Crippen LogP contribution in [0.2, 0.25) is 0 Å². The average Bonchev–Trinajstić information content (AvgIpc) is 2.88. The highest BCUT2D eigenvalue weighted by atomic mass is 32.2. The molecule has 96 valence electrons. The lowest BCUT2D eigenvalue weighted by Crippen LogP contribution is -2.23. The largest absolute Gasteiger partial charge is 0.243 e. The Balaban J connectivity index is 2.26. The third-order valence-electron chi connectivity index (χ3n) is 2.30. The van der Waals surface area contributed by atoms with Crippen LogP contribution in [0.4, 0.5) is 0 Å². The van der Waals surface area contributed by atoms with Crippen molar-refractivity contribution >= 4 is 10.0 Å². The fraction of sp³-hybridized carbons (Fsp3) is 0.273. The van der Waals surface area contributed by atoms with Crippen LogP contribution in [0.3, 0.4) is 0 Å².